The Morgan fingerprint density at radius 3 is 2.59 bits per heavy atom. The van der Waals surface area contributed by atoms with Crippen molar-refractivity contribution >= 4 is 11.8 Å². The second-order valence-electron chi connectivity index (χ2n) is 7.00. The van der Waals surface area contributed by atoms with Crippen molar-refractivity contribution in [2.24, 2.45) is 17.6 Å². The number of nitrogens with two attached hydrogens (primary N) is 1. The lowest BCUT2D eigenvalue weighted by Crippen LogP contribution is -2.36. The molecule has 1 aromatic heterocycles. The maximum atomic E-state index is 9.64. The summed E-state index contributed by atoms with van der Waals surface area (Å²) in [7, 11) is 0. The number of aliphatic hydroxyl groups is 1. The molecule has 120 valence electrons. The van der Waals surface area contributed by atoms with Crippen LogP contribution in [0.4, 0.5) is 11.8 Å². The van der Waals surface area contributed by atoms with Gasteiger partial charge in [-0.15, -0.1) is 0 Å². The molecule has 0 amide bonds. The van der Waals surface area contributed by atoms with E-state index >= 15 is 0 Å². The summed E-state index contributed by atoms with van der Waals surface area (Å²) in [6.45, 7) is 3.58. The first-order valence-electron chi connectivity index (χ1n) is 8.47. The molecule has 0 unspecified atom stereocenters. The van der Waals surface area contributed by atoms with Crippen LogP contribution in [0.3, 0.4) is 0 Å². The summed E-state index contributed by atoms with van der Waals surface area (Å²) in [5, 5.41) is 9.64. The van der Waals surface area contributed by atoms with Gasteiger partial charge in [0.05, 0.1) is 6.10 Å². The van der Waals surface area contributed by atoms with Gasteiger partial charge in [-0.3, -0.25) is 0 Å². The summed E-state index contributed by atoms with van der Waals surface area (Å²) in [4.78, 5) is 13.7. The van der Waals surface area contributed by atoms with E-state index in [-0.39, 0.29) is 12.1 Å². The second kappa shape index (κ2) is 5.66. The van der Waals surface area contributed by atoms with Crippen LogP contribution in [0.1, 0.15) is 25.7 Å². The molecular weight excluding hydrogens is 278 g/mol. The highest BCUT2D eigenvalue weighted by Gasteiger charge is 2.41. The largest absolute Gasteiger partial charge is 0.393 e. The Balaban J connectivity index is 1.47. The van der Waals surface area contributed by atoms with Crippen molar-refractivity contribution < 1.29 is 5.11 Å². The zero-order chi connectivity index (χ0) is 15.1. The third-order valence-corrected chi connectivity index (χ3v) is 5.34. The molecule has 3 N–H and O–H groups in total. The third-order valence-electron chi connectivity index (χ3n) is 5.34. The molecule has 2 aliphatic heterocycles. The first kappa shape index (κ1) is 14.2. The number of rotatable bonds is 3. The van der Waals surface area contributed by atoms with E-state index in [4.69, 9.17) is 10.7 Å². The maximum Gasteiger partial charge on any atom is 0.227 e. The van der Waals surface area contributed by atoms with Crippen LogP contribution < -0.4 is 15.5 Å². The lowest BCUT2D eigenvalue weighted by Gasteiger charge is -2.31. The highest BCUT2D eigenvalue weighted by atomic mass is 16.3. The average molecular weight is 303 g/mol. The average Bonchev–Trinajstić information content (AvgIpc) is 3.30. The van der Waals surface area contributed by atoms with E-state index in [1.807, 2.05) is 12.3 Å². The van der Waals surface area contributed by atoms with Gasteiger partial charge in [0.25, 0.3) is 0 Å². The first-order valence-corrected chi connectivity index (χ1v) is 8.47. The molecule has 0 radical (unpaired) electrons. The molecule has 2 atom stereocenters. The van der Waals surface area contributed by atoms with E-state index in [1.54, 1.807) is 0 Å². The summed E-state index contributed by atoms with van der Waals surface area (Å²) in [6.07, 6.45) is 5.99. The molecule has 3 fully saturated rings. The molecule has 1 saturated carbocycles. The van der Waals surface area contributed by atoms with Gasteiger partial charge in [0.1, 0.15) is 5.82 Å². The molecule has 0 spiro atoms. The van der Waals surface area contributed by atoms with Gasteiger partial charge >= 0.3 is 0 Å². The summed E-state index contributed by atoms with van der Waals surface area (Å²) < 4.78 is 0. The normalized spacial score (nSPS) is 30.1. The van der Waals surface area contributed by atoms with Crippen molar-refractivity contribution in [1.29, 1.82) is 0 Å². The molecule has 1 aliphatic carbocycles. The molecule has 1 aromatic rings. The molecule has 0 bridgehead atoms. The number of aromatic nitrogens is 2. The number of nitrogens with zero attached hydrogens (tertiary/aromatic N) is 4. The molecule has 2 saturated heterocycles. The van der Waals surface area contributed by atoms with Crippen molar-refractivity contribution in [3.63, 3.8) is 0 Å². The summed E-state index contributed by atoms with van der Waals surface area (Å²) in [5.74, 6) is 3.21. The second-order valence-corrected chi connectivity index (χ2v) is 7.00. The van der Waals surface area contributed by atoms with Crippen LogP contribution in [0.15, 0.2) is 12.3 Å². The fraction of sp³-hybridized carbons (Fsp3) is 0.750. The number of anilines is 2. The molecule has 0 aromatic carbocycles. The minimum Gasteiger partial charge on any atom is -0.393 e. The predicted molar refractivity (Wildman–Crippen MR) is 85.9 cm³/mol. The van der Waals surface area contributed by atoms with Gasteiger partial charge in [-0.05, 0) is 43.6 Å². The minimum absolute atomic E-state index is 0.159. The molecule has 6 nitrogen and oxygen atoms in total. The quantitative estimate of drug-likeness (QED) is 0.852. The van der Waals surface area contributed by atoms with E-state index in [0.29, 0.717) is 5.92 Å². The van der Waals surface area contributed by atoms with Crippen LogP contribution >= 0.6 is 0 Å². The smallest absolute Gasteiger partial charge is 0.227 e. The van der Waals surface area contributed by atoms with Crippen LogP contribution in [-0.2, 0) is 0 Å². The van der Waals surface area contributed by atoms with Gasteiger partial charge in [0, 0.05) is 38.4 Å². The van der Waals surface area contributed by atoms with Crippen molar-refractivity contribution in [2.75, 3.05) is 36.0 Å². The molecule has 3 aliphatic rings. The van der Waals surface area contributed by atoms with Gasteiger partial charge in [-0.25, -0.2) is 4.98 Å². The zero-order valence-corrected chi connectivity index (χ0v) is 12.9. The van der Waals surface area contributed by atoms with Crippen molar-refractivity contribution in [3.05, 3.63) is 12.3 Å². The third kappa shape index (κ3) is 2.77. The molecular formula is C16H25N5O. The van der Waals surface area contributed by atoms with Gasteiger partial charge in [-0.2, -0.15) is 4.98 Å². The molecule has 4 rings (SSSR count). The number of hydrogen-bond donors (Lipinski definition) is 2. The van der Waals surface area contributed by atoms with Crippen LogP contribution in [-0.4, -0.2) is 53.4 Å². The Hall–Kier alpha value is -1.40. The summed E-state index contributed by atoms with van der Waals surface area (Å²) in [6, 6.07) is 2.22. The van der Waals surface area contributed by atoms with Gasteiger partial charge in [-0.1, -0.05) is 0 Å². The first-order chi connectivity index (χ1) is 10.7. The monoisotopic (exact) mass is 303 g/mol. The molecule has 22 heavy (non-hydrogen) atoms. The Bertz CT molecular complexity index is 527. The van der Waals surface area contributed by atoms with Crippen LogP contribution in [0.2, 0.25) is 0 Å². The Morgan fingerprint density at radius 1 is 1.09 bits per heavy atom. The minimum atomic E-state index is -0.159. The zero-order valence-electron chi connectivity index (χ0n) is 12.9. The lowest BCUT2D eigenvalue weighted by atomic mass is 9.99. The van der Waals surface area contributed by atoms with Gasteiger partial charge in [0.2, 0.25) is 5.95 Å². The maximum absolute atomic E-state index is 9.64. The highest BCUT2D eigenvalue weighted by Crippen LogP contribution is 2.41. The van der Waals surface area contributed by atoms with Crippen molar-refractivity contribution in [3.8, 4) is 0 Å². The fourth-order valence-electron chi connectivity index (χ4n) is 3.80. The number of piperidine rings is 1. The molecule has 6 heteroatoms. The SMILES string of the molecule is N[C@@H]1CN(c2nccc(N3CCC(O)CC3)n2)C[C@H]1C1CC1. The molecule has 3 heterocycles. The van der Waals surface area contributed by atoms with Crippen LogP contribution in [0, 0.1) is 11.8 Å². The van der Waals surface area contributed by atoms with E-state index in [9.17, 15) is 5.11 Å². The Labute approximate surface area is 131 Å². The predicted octanol–water partition coefficient (Wildman–Crippen LogP) is 0.611. The fourth-order valence-corrected chi connectivity index (χ4v) is 3.80. The van der Waals surface area contributed by atoms with E-state index in [1.165, 1.54) is 12.8 Å². The Morgan fingerprint density at radius 2 is 1.86 bits per heavy atom. The standard InChI is InChI=1S/C16H25N5O/c17-14-10-21(9-13(14)11-1-2-11)16-18-6-3-15(19-16)20-7-4-12(22)5-8-20/h3,6,11-14,22H,1-2,4-5,7-10,17H2/t13-,14+/m0/s1. The Kier molecular flexibility index (Phi) is 3.66. The highest BCUT2D eigenvalue weighted by molar-refractivity contribution is 5.45. The van der Waals surface area contributed by atoms with E-state index in [2.05, 4.69) is 14.8 Å². The van der Waals surface area contributed by atoms with Crippen molar-refractivity contribution in [1.82, 2.24) is 9.97 Å². The van der Waals surface area contributed by atoms with Gasteiger partial charge < -0.3 is 20.6 Å². The van der Waals surface area contributed by atoms with Gasteiger partial charge in [0.15, 0.2) is 0 Å². The number of hydrogen-bond acceptors (Lipinski definition) is 6. The number of aliphatic hydroxyl groups excluding tert-OH is 1. The van der Waals surface area contributed by atoms with Crippen LogP contribution in [0.25, 0.3) is 0 Å². The summed E-state index contributed by atoms with van der Waals surface area (Å²) >= 11 is 0. The van der Waals surface area contributed by atoms with Crippen molar-refractivity contribution in [2.45, 2.75) is 37.8 Å². The van der Waals surface area contributed by atoms with Crippen LogP contribution in [0.5, 0.6) is 0 Å². The van der Waals surface area contributed by atoms with E-state index in [0.717, 1.165) is 56.7 Å². The summed E-state index contributed by atoms with van der Waals surface area (Å²) in [5.41, 5.74) is 6.31. The van der Waals surface area contributed by atoms with E-state index < -0.39 is 0 Å². The lowest BCUT2D eigenvalue weighted by molar-refractivity contribution is 0.145. The topological polar surface area (TPSA) is 78.5 Å².